The number of nitrogens with two attached hydrogens (primary N) is 1. The van der Waals surface area contributed by atoms with E-state index in [0.29, 0.717) is 18.0 Å². The largest absolute Gasteiger partial charge is 0.383 e. The van der Waals surface area contributed by atoms with E-state index in [1.54, 1.807) is 32.5 Å². The highest BCUT2D eigenvalue weighted by Gasteiger charge is 2.26. The lowest BCUT2D eigenvalue weighted by Gasteiger charge is -2.22. The monoisotopic (exact) mass is 278 g/mol. The second-order valence-corrected chi connectivity index (χ2v) is 6.77. The zero-order valence-corrected chi connectivity index (χ0v) is 11.8. The molecule has 5 nitrogen and oxygen atoms in total. The van der Waals surface area contributed by atoms with Crippen molar-refractivity contribution >= 4 is 21.4 Å². The van der Waals surface area contributed by atoms with Crippen LogP contribution in [0.4, 0.5) is 0 Å². The molecule has 0 fully saturated rings. The molecule has 0 bridgehead atoms. The Kier molecular flexibility index (Phi) is 5.08. The first-order valence-electron chi connectivity index (χ1n) is 5.18. The van der Waals surface area contributed by atoms with Gasteiger partial charge in [0.15, 0.2) is 0 Å². The van der Waals surface area contributed by atoms with Gasteiger partial charge in [0.25, 0.3) is 0 Å². The van der Waals surface area contributed by atoms with Gasteiger partial charge in [-0.15, -0.1) is 11.3 Å². The summed E-state index contributed by atoms with van der Waals surface area (Å²) in [6, 6.07) is 1.42. The van der Waals surface area contributed by atoms with Crippen molar-refractivity contribution in [3.05, 3.63) is 16.3 Å². The fraction of sp³-hybridized carbons (Fsp3) is 0.600. The van der Waals surface area contributed by atoms with E-state index < -0.39 is 10.0 Å². The maximum Gasteiger partial charge on any atom is 0.243 e. The van der Waals surface area contributed by atoms with Crippen LogP contribution in [0.1, 0.15) is 11.8 Å². The molecule has 0 spiro atoms. The van der Waals surface area contributed by atoms with Crippen LogP contribution >= 0.6 is 11.3 Å². The van der Waals surface area contributed by atoms with Crippen molar-refractivity contribution in [3.8, 4) is 0 Å². The number of sulfonamides is 1. The first-order valence-corrected chi connectivity index (χ1v) is 7.50. The Morgan fingerprint density at radius 1 is 1.59 bits per heavy atom. The number of thiophene rings is 1. The topological polar surface area (TPSA) is 72.6 Å². The minimum atomic E-state index is -3.44. The van der Waals surface area contributed by atoms with Crippen LogP contribution in [0.25, 0.3) is 0 Å². The van der Waals surface area contributed by atoms with Gasteiger partial charge in [0.05, 0.1) is 11.5 Å². The maximum absolute atomic E-state index is 12.2. The molecule has 0 aliphatic heterocycles. The summed E-state index contributed by atoms with van der Waals surface area (Å²) in [7, 11) is -0.337. The van der Waals surface area contributed by atoms with Crippen LogP contribution in [0.15, 0.2) is 16.3 Å². The molecule has 0 radical (unpaired) electrons. The summed E-state index contributed by atoms with van der Waals surface area (Å²) in [6.07, 6.45) is 0. The molecule has 1 unspecified atom stereocenters. The lowest BCUT2D eigenvalue weighted by molar-refractivity contribution is 0.149. The van der Waals surface area contributed by atoms with E-state index in [1.165, 1.54) is 15.6 Å². The Labute approximate surface area is 106 Å². The summed E-state index contributed by atoms with van der Waals surface area (Å²) in [4.78, 5) is 1.16. The molecule has 0 aliphatic rings. The van der Waals surface area contributed by atoms with Gasteiger partial charge in [-0.05, 0) is 13.0 Å². The lowest BCUT2D eigenvalue weighted by atomic mass is 10.4. The molecule has 98 valence electrons. The van der Waals surface area contributed by atoms with Gasteiger partial charge in [-0.3, -0.25) is 0 Å². The Balaban J connectivity index is 2.94. The highest BCUT2D eigenvalue weighted by molar-refractivity contribution is 7.89. The fourth-order valence-corrected chi connectivity index (χ4v) is 3.84. The van der Waals surface area contributed by atoms with Crippen LogP contribution in [0.2, 0.25) is 0 Å². The minimum Gasteiger partial charge on any atom is -0.383 e. The number of ether oxygens (including phenoxy) is 1. The third-order valence-electron chi connectivity index (χ3n) is 2.54. The predicted molar refractivity (Wildman–Crippen MR) is 68.5 cm³/mol. The maximum atomic E-state index is 12.2. The first kappa shape index (κ1) is 14.6. The Morgan fingerprint density at radius 3 is 2.71 bits per heavy atom. The van der Waals surface area contributed by atoms with Crippen molar-refractivity contribution in [2.24, 2.45) is 5.73 Å². The van der Waals surface area contributed by atoms with Crippen LogP contribution in [0, 0.1) is 0 Å². The Hall–Kier alpha value is -0.470. The lowest BCUT2D eigenvalue weighted by Crippen LogP contribution is -2.37. The zero-order chi connectivity index (χ0) is 13.1. The molecule has 0 aliphatic carbocycles. The molecular weight excluding hydrogens is 260 g/mol. The van der Waals surface area contributed by atoms with E-state index in [2.05, 4.69) is 0 Å². The van der Waals surface area contributed by atoms with Crippen molar-refractivity contribution in [1.82, 2.24) is 4.31 Å². The van der Waals surface area contributed by atoms with Crippen LogP contribution in [0.3, 0.4) is 0 Å². The number of methoxy groups -OCH3 is 1. The number of rotatable bonds is 6. The van der Waals surface area contributed by atoms with Gasteiger partial charge in [-0.2, -0.15) is 4.31 Å². The molecule has 2 N–H and O–H groups in total. The van der Waals surface area contributed by atoms with Gasteiger partial charge in [0, 0.05) is 37.0 Å². The summed E-state index contributed by atoms with van der Waals surface area (Å²) >= 11 is 1.36. The molecule has 0 aromatic carbocycles. The number of likely N-dealkylation sites (N-methyl/N-ethyl adjacent to an activating group) is 1. The van der Waals surface area contributed by atoms with Crippen LogP contribution in [-0.4, -0.2) is 39.5 Å². The Bertz CT molecular complexity index is 456. The van der Waals surface area contributed by atoms with Gasteiger partial charge in [-0.25, -0.2) is 8.42 Å². The second-order valence-electron chi connectivity index (χ2n) is 3.78. The van der Waals surface area contributed by atoms with Crippen molar-refractivity contribution in [1.29, 1.82) is 0 Å². The molecule has 0 amide bonds. The van der Waals surface area contributed by atoms with Crippen molar-refractivity contribution < 1.29 is 13.2 Å². The third-order valence-corrected chi connectivity index (χ3v) is 5.59. The van der Waals surface area contributed by atoms with Gasteiger partial charge in [0.2, 0.25) is 10.0 Å². The number of nitrogens with zero attached hydrogens (tertiary/aromatic N) is 1. The molecule has 7 heteroatoms. The SMILES string of the molecule is COCC(C)N(C)S(=O)(=O)c1csc(CN)c1. The average Bonchev–Trinajstić information content (AvgIpc) is 2.77. The molecule has 1 atom stereocenters. The highest BCUT2D eigenvalue weighted by Crippen LogP contribution is 2.22. The average molecular weight is 278 g/mol. The van der Waals surface area contributed by atoms with Crippen LogP contribution in [-0.2, 0) is 21.3 Å². The molecule has 0 saturated carbocycles. The van der Waals surface area contributed by atoms with Gasteiger partial charge < -0.3 is 10.5 Å². The highest BCUT2D eigenvalue weighted by atomic mass is 32.2. The summed E-state index contributed by atoms with van der Waals surface area (Å²) in [5.41, 5.74) is 5.47. The summed E-state index contributed by atoms with van der Waals surface area (Å²) in [5.74, 6) is 0. The quantitative estimate of drug-likeness (QED) is 0.838. The summed E-state index contributed by atoms with van der Waals surface area (Å²) < 4.78 is 30.7. The van der Waals surface area contributed by atoms with E-state index in [4.69, 9.17) is 10.5 Å². The van der Waals surface area contributed by atoms with Crippen LogP contribution in [0.5, 0.6) is 0 Å². The molecular formula is C10H18N2O3S2. The van der Waals surface area contributed by atoms with E-state index in [0.717, 1.165) is 4.88 Å². The normalized spacial score (nSPS) is 14.2. The Morgan fingerprint density at radius 2 is 2.24 bits per heavy atom. The van der Waals surface area contributed by atoms with E-state index in [-0.39, 0.29) is 6.04 Å². The zero-order valence-electron chi connectivity index (χ0n) is 10.2. The van der Waals surface area contributed by atoms with E-state index >= 15 is 0 Å². The van der Waals surface area contributed by atoms with Crippen molar-refractivity contribution in [2.75, 3.05) is 20.8 Å². The van der Waals surface area contributed by atoms with Gasteiger partial charge in [0.1, 0.15) is 0 Å². The number of hydrogen-bond donors (Lipinski definition) is 1. The smallest absolute Gasteiger partial charge is 0.243 e. The van der Waals surface area contributed by atoms with Crippen molar-refractivity contribution in [3.63, 3.8) is 0 Å². The van der Waals surface area contributed by atoms with E-state index in [1.807, 2.05) is 0 Å². The second kappa shape index (κ2) is 5.92. The fourth-order valence-electron chi connectivity index (χ4n) is 1.35. The molecule has 0 saturated heterocycles. The summed E-state index contributed by atoms with van der Waals surface area (Å²) in [5, 5.41) is 1.62. The van der Waals surface area contributed by atoms with Crippen molar-refractivity contribution in [2.45, 2.75) is 24.4 Å². The van der Waals surface area contributed by atoms with Gasteiger partial charge >= 0.3 is 0 Å². The predicted octanol–water partition coefficient (Wildman–Crippen LogP) is 0.862. The molecule has 1 heterocycles. The molecule has 17 heavy (non-hydrogen) atoms. The van der Waals surface area contributed by atoms with Crippen LogP contribution < -0.4 is 5.73 Å². The number of hydrogen-bond acceptors (Lipinski definition) is 5. The minimum absolute atomic E-state index is 0.203. The third kappa shape index (κ3) is 3.26. The molecule has 1 aromatic rings. The first-order chi connectivity index (χ1) is 7.93. The molecule has 1 aromatic heterocycles. The summed E-state index contributed by atoms with van der Waals surface area (Å²) in [6.45, 7) is 2.53. The van der Waals surface area contributed by atoms with E-state index in [9.17, 15) is 8.42 Å². The molecule has 1 rings (SSSR count). The van der Waals surface area contributed by atoms with Gasteiger partial charge in [-0.1, -0.05) is 0 Å². The standard InChI is InChI=1S/C10H18N2O3S2/c1-8(6-15-3)12(2)17(13,14)10-4-9(5-11)16-7-10/h4,7-8H,5-6,11H2,1-3H3.